The lowest BCUT2D eigenvalue weighted by Gasteiger charge is -2.34. The first-order valence-electron chi connectivity index (χ1n) is 11.7. The Morgan fingerprint density at radius 2 is 1.91 bits per heavy atom. The standard InChI is InChI=1S/C26H23F2N5O2/c1-14-2-4-18(30-23(34)15-3-7-19(27)20(28)10-15)11-21(14)33-13-16-12-29-25(31-17-5-6-17)32-22(16)26(8-9-26)24(33)35/h2-4,7,10-12,17H,5-6,8-9,13H2,1H3,(H,30,34)(H,29,31,32). The van der Waals surface area contributed by atoms with Crippen molar-refractivity contribution >= 4 is 29.1 Å². The lowest BCUT2D eigenvalue weighted by Crippen LogP contribution is -2.45. The topological polar surface area (TPSA) is 87.2 Å². The summed E-state index contributed by atoms with van der Waals surface area (Å²) >= 11 is 0. The highest BCUT2D eigenvalue weighted by Gasteiger charge is 2.58. The average molecular weight is 475 g/mol. The van der Waals surface area contributed by atoms with Crippen LogP contribution in [0.15, 0.2) is 42.6 Å². The minimum atomic E-state index is -1.09. The van der Waals surface area contributed by atoms with Crippen LogP contribution in [0.5, 0.6) is 0 Å². The van der Waals surface area contributed by atoms with Crippen LogP contribution in [0.4, 0.5) is 26.1 Å². The van der Waals surface area contributed by atoms with Crippen molar-refractivity contribution in [3.63, 3.8) is 0 Å². The summed E-state index contributed by atoms with van der Waals surface area (Å²) in [6.45, 7) is 2.23. The van der Waals surface area contributed by atoms with Gasteiger partial charge in [0.05, 0.1) is 17.7 Å². The molecule has 2 aliphatic carbocycles. The molecular weight excluding hydrogens is 452 g/mol. The monoisotopic (exact) mass is 475 g/mol. The molecule has 2 fully saturated rings. The summed E-state index contributed by atoms with van der Waals surface area (Å²) in [4.78, 5) is 37.2. The minimum Gasteiger partial charge on any atom is -0.351 e. The number of aromatic nitrogens is 2. The molecule has 6 rings (SSSR count). The van der Waals surface area contributed by atoms with Gasteiger partial charge in [0.2, 0.25) is 11.9 Å². The quantitative estimate of drug-likeness (QED) is 0.569. The van der Waals surface area contributed by atoms with Gasteiger partial charge in [-0.2, -0.15) is 0 Å². The number of amides is 2. The van der Waals surface area contributed by atoms with E-state index in [9.17, 15) is 18.4 Å². The van der Waals surface area contributed by atoms with Crippen molar-refractivity contribution < 1.29 is 18.4 Å². The zero-order valence-corrected chi connectivity index (χ0v) is 19.1. The van der Waals surface area contributed by atoms with Crippen molar-refractivity contribution in [2.75, 3.05) is 15.5 Å². The number of nitrogens with zero attached hydrogens (tertiary/aromatic N) is 3. The van der Waals surface area contributed by atoms with Crippen LogP contribution in [0.3, 0.4) is 0 Å². The van der Waals surface area contributed by atoms with E-state index in [1.807, 2.05) is 13.0 Å². The molecule has 1 spiro atoms. The van der Waals surface area contributed by atoms with Crippen molar-refractivity contribution in [3.8, 4) is 0 Å². The maximum absolute atomic E-state index is 13.7. The first-order valence-corrected chi connectivity index (χ1v) is 11.7. The fraction of sp³-hybridized carbons (Fsp3) is 0.308. The molecular formula is C26H23F2N5O2. The van der Waals surface area contributed by atoms with Crippen molar-refractivity contribution in [2.45, 2.75) is 50.6 Å². The van der Waals surface area contributed by atoms with Gasteiger partial charge in [-0.3, -0.25) is 9.59 Å². The van der Waals surface area contributed by atoms with Crippen LogP contribution >= 0.6 is 0 Å². The van der Waals surface area contributed by atoms with E-state index in [0.29, 0.717) is 29.9 Å². The van der Waals surface area contributed by atoms with E-state index in [1.54, 1.807) is 23.2 Å². The number of hydrogen-bond donors (Lipinski definition) is 2. The fourth-order valence-corrected chi connectivity index (χ4v) is 4.61. The third-order valence-electron chi connectivity index (χ3n) is 6.90. The van der Waals surface area contributed by atoms with Crippen molar-refractivity contribution in [2.24, 2.45) is 0 Å². The van der Waals surface area contributed by atoms with Gasteiger partial charge in [-0.25, -0.2) is 18.7 Å². The molecule has 2 saturated carbocycles. The first-order chi connectivity index (χ1) is 16.8. The molecule has 0 saturated heterocycles. The third-order valence-corrected chi connectivity index (χ3v) is 6.90. The second-order valence-electron chi connectivity index (χ2n) is 9.54. The SMILES string of the molecule is Cc1ccc(NC(=O)c2ccc(F)c(F)c2)cc1N1Cc2cnc(NC3CC3)nc2C2(CC2)C1=O. The van der Waals surface area contributed by atoms with Crippen LogP contribution in [0.25, 0.3) is 0 Å². The summed E-state index contributed by atoms with van der Waals surface area (Å²) in [6.07, 6.45) is 5.50. The van der Waals surface area contributed by atoms with Crippen LogP contribution in [0.1, 0.15) is 52.9 Å². The van der Waals surface area contributed by atoms with Crippen LogP contribution in [0.2, 0.25) is 0 Å². The van der Waals surface area contributed by atoms with E-state index in [0.717, 1.165) is 54.6 Å². The van der Waals surface area contributed by atoms with E-state index in [2.05, 4.69) is 15.6 Å². The van der Waals surface area contributed by atoms with Gasteiger partial charge in [0, 0.05) is 34.7 Å². The van der Waals surface area contributed by atoms with Gasteiger partial charge in [0.25, 0.3) is 5.91 Å². The summed E-state index contributed by atoms with van der Waals surface area (Å²) in [6, 6.07) is 8.67. The Morgan fingerprint density at radius 1 is 1.11 bits per heavy atom. The Labute approximate surface area is 200 Å². The molecule has 2 aromatic carbocycles. The molecule has 35 heavy (non-hydrogen) atoms. The van der Waals surface area contributed by atoms with Crippen LogP contribution in [-0.4, -0.2) is 27.8 Å². The summed E-state index contributed by atoms with van der Waals surface area (Å²) in [5.74, 6) is -2.11. The van der Waals surface area contributed by atoms with Crippen LogP contribution in [0, 0.1) is 18.6 Å². The molecule has 2 N–H and O–H groups in total. The molecule has 0 radical (unpaired) electrons. The van der Waals surface area contributed by atoms with Gasteiger partial charge in [0.15, 0.2) is 11.6 Å². The number of nitrogens with one attached hydrogen (secondary N) is 2. The largest absolute Gasteiger partial charge is 0.351 e. The average Bonchev–Trinajstić information content (AvgIpc) is 3.77. The van der Waals surface area contributed by atoms with Gasteiger partial charge in [-0.1, -0.05) is 6.07 Å². The number of anilines is 3. The molecule has 2 amide bonds. The Bertz CT molecular complexity index is 1380. The number of aryl methyl sites for hydroxylation is 1. The second-order valence-corrected chi connectivity index (χ2v) is 9.54. The summed E-state index contributed by atoms with van der Waals surface area (Å²) in [5, 5.41) is 6.03. The smallest absolute Gasteiger partial charge is 0.255 e. The molecule has 7 nitrogen and oxygen atoms in total. The molecule has 9 heteroatoms. The zero-order valence-electron chi connectivity index (χ0n) is 19.1. The van der Waals surface area contributed by atoms with E-state index in [1.165, 1.54) is 6.07 Å². The highest BCUT2D eigenvalue weighted by Crippen LogP contribution is 2.53. The second kappa shape index (κ2) is 7.83. The van der Waals surface area contributed by atoms with E-state index in [4.69, 9.17) is 4.98 Å². The molecule has 3 aliphatic rings. The summed E-state index contributed by atoms with van der Waals surface area (Å²) < 4.78 is 26.8. The Kier molecular flexibility index (Phi) is 4.84. The summed E-state index contributed by atoms with van der Waals surface area (Å²) in [5.41, 5.74) is 3.10. The number of carbonyl (C=O) groups excluding carboxylic acids is 2. The molecule has 2 heterocycles. The lowest BCUT2D eigenvalue weighted by molar-refractivity contribution is -0.121. The van der Waals surface area contributed by atoms with Gasteiger partial charge in [-0.15, -0.1) is 0 Å². The number of benzene rings is 2. The highest BCUT2D eigenvalue weighted by molar-refractivity contribution is 6.07. The Hall–Kier alpha value is -3.88. The van der Waals surface area contributed by atoms with Crippen LogP contribution < -0.4 is 15.5 Å². The van der Waals surface area contributed by atoms with Gasteiger partial charge in [0.1, 0.15) is 0 Å². The highest BCUT2D eigenvalue weighted by atomic mass is 19.2. The minimum absolute atomic E-state index is 0.00121. The molecule has 0 atom stereocenters. The molecule has 0 bridgehead atoms. The lowest BCUT2D eigenvalue weighted by atomic mass is 9.91. The molecule has 1 aromatic heterocycles. The number of carbonyl (C=O) groups is 2. The Balaban J connectivity index is 1.29. The number of rotatable bonds is 5. The van der Waals surface area contributed by atoms with Gasteiger partial charge >= 0.3 is 0 Å². The van der Waals surface area contributed by atoms with E-state index in [-0.39, 0.29) is 11.5 Å². The fourth-order valence-electron chi connectivity index (χ4n) is 4.61. The van der Waals surface area contributed by atoms with E-state index >= 15 is 0 Å². The van der Waals surface area contributed by atoms with Crippen molar-refractivity contribution in [1.82, 2.24) is 9.97 Å². The number of halogens is 2. The molecule has 3 aromatic rings. The molecule has 178 valence electrons. The molecule has 0 unspecified atom stereocenters. The van der Waals surface area contributed by atoms with Crippen LogP contribution in [-0.2, 0) is 16.8 Å². The number of hydrogen-bond acceptors (Lipinski definition) is 5. The predicted molar refractivity (Wildman–Crippen MR) is 126 cm³/mol. The van der Waals surface area contributed by atoms with E-state index < -0.39 is 23.0 Å². The number of fused-ring (bicyclic) bond motifs is 2. The summed E-state index contributed by atoms with van der Waals surface area (Å²) in [7, 11) is 0. The van der Waals surface area contributed by atoms with Crippen molar-refractivity contribution in [1.29, 1.82) is 0 Å². The zero-order chi connectivity index (χ0) is 24.3. The van der Waals surface area contributed by atoms with Gasteiger partial charge < -0.3 is 15.5 Å². The first kappa shape index (κ1) is 21.6. The van der Waals surface area contributed by atoms with Gasteiger partial charge in [-0.05, 0) is 68.5 Å². The maximum atomic E-state index is 13.7. The Morgan fingerprint density at radius 3 is 2.63 bits per heavy atom. The molecule has 1 aliphatic heterocycles. The normalized spacial score (nSPS) is 17.8. The maximum Gasteiger partial charge on any atom is 0.255 e. The predicted octanol–water partition coefficient (Wildman–Crippen LogP) is 4.47. The third kappa shape index (κ3) is 3.80. The van der Waals surface area contributed by atoms with Crippen molar-refractivity contribution in [3.05, 3.63) is 76.6 Å².